The lowest BCUT2D eigenvalue weighted by molar-refractivity contribution is 0.0957. The Bertz CT molecular complexity index is 1520. The number of methoxy groups -OCH3 is 1. The molecule has 2 aliphatic heterocycles. The van der Waals surface area contributed by atoms with E-state index in [2.05, 4.69) is 29.7 Å². The summed E-state index contributed by atoms with van der Waals surface area (Å²) >= 11 is 0. The number of likely N-dealkylation sites (N-methyl/N-ethyl adjacent to an activating group) is 1. The maximum Gasteiger partial charge on any atom is 0.416 e. The fraction of sp³-hybridized carbons (Fsp3) is 0.333. The van der Waals surface area contributed by atoms with Crippen LogP contribution in [0.25, 0.3) is 22.3 Å². The highest BCUT2D eigenvalue weighted by Gasteiger charge is 2.37. The van der Waals surface area contributed by atoms with Crippen LogP contribution in [0.1, 0.15) is 0 Å². The maximum absolute atomic E-state index is 12.5. The zero-order valence-electron chi connectivity index (χ0n) is 19.7. The van der Waals surface area contributed by atoms with Crippen molar-refractivity contribution in [3.63, 3.8) is 0 Å². The summed E-state index contributed by atoms with van der Waals surface area (Å²) in [5.41, 5.74) is 2.57. The second-order valence-electron chi connectivity index (χ2n) is 8.84. The van der Waals surface area contributed by atoms with Crippen molar-refractivity contribution in [2.24, 2.45) is 0 Å². The summed E-state index contributed by atoms with van der Waals surface area (Å²) in [5, 5.41) is 0. The summed E-state index contributed by atoms with van der Waals surface area (Å²) in [6.07, 6.45) is 2.08. The standard InChI is InChI=1S/C24H23N7O5/c1-29(14-10-30(11-14)18-7-8-25-16-4-6-20(34-2)28-22(16)18)12-15-13-31(24(33)35-15)19-5-3-17-23(27-19)36-21(32)9-26-17/h3-9,14-15H,10-13H2,1-2H3/t15-/m1/s1. The number of hydrogen-bond acceptors (Lipinski definition) is 11. The van der Waals surface area contributed by atoms with E-state index in [0.717, 1.165) is 36.0 Å². The largest absolute Gasteiger partial charge is 0.481 e. The maximum atomic E-state index is 12.5. The van der Waals surface area contributed by atoms with E-state index in [1.807, 2.05) is 19.2 Å². The summed E-state index contributed by atoms with van der Waals surface area (Å²) < 4.78 is 16.0. The minimum absolute atomic E-state index is 0.0821. The van der Waals surface area contributed by atoms with Gasteiger partial charge in [-0.15, -0.1) is 0 Å². The first-order chi connectivity index (χ1) is 17.5. The Morgan fingerprint density at radius 2 is 1.89 bits per heavy atom. The molecular weight excluding hydrogens is 466 g/mol. The molecule has 2 fully saturated rings. The number of pyridine rings is 3. The molecule has 4 aromatic heterocycles. The molecule has 1 amide bonds. The molecule has 0 radical (unpaired) electrons. The molecule has 0 N–H and O–H groups in total. The number of amides is 1. The van der Waals surface area contributed by atoms with E-state index < -0.39 is 11.7 Å². The van der Waals surface area contributed by atoms with Gasteiger partial charge in [0.25, 0.3) is 5.71 Å². The first-order valence-corrected chi connectivity index (χ1v) is 11.5. The minimum Gasteiger partial charge on any atom is -0.481 e. The van der Waals surface area contributed by atoms with E-state index in [1.165, 1.54) is 4.90 Å². The highest BCUT2D eigenvalue weighted by atomic mass is 16.6. The van der Waals surface area contributed by atoms with Gasteiger partial charge >= 0.3 is 11.7 Å². The number of cyclic esters (lactones) is 1. The monoisotopic (exact) mass is 489 g/mol. The number of hydrogen-bond donors (Lipinski definition) is 0. The predicted molar refractivity (Wildman–Crippen MR) is 130 cm³/mol. The molecule has 184 valence electrons. The van der Waals surface area contributed by atoms with Crippen LogP contribution in [0, 0.1) is 0 Å². The number of anilines is 2. The summed E-state index contributed by atoms with van der Waals surface area (Å²) in [5.74, 6) is 0.911. The molecule has 4 aromatic rings. The Morgan fingerprint density at radius 1 is 1.06 bits per heavy atom. The zero-order chi connectivity index (χ0) is 24.8. The first-order valence-electron chi connectivity index (χ1n) is 11.5. The molecule has 0 aliphatic carbocycles. The van der Waals surface area contributed by atoms with Crippen molar-refractivity contribution < 1.29 is 18.7 Å². The second-order valence-corrected chi connectivity index (χ2v) is 8.84. The third-order valence-corrected chi connectivity index (χ3v) is 6.55. The van der Waals surface area contributed by atoms with Crippen molar-refractivity contribution in [2.45, 2.75) is 12.1 Å². The quantitative estimate of drug-likeness (QED) is 0.392. The molecule has 0 unspecified atom stereocenters. The molecule has 12 heteroatoms. The number of aromatic nitrogens is 4. The number of nitrogens with zero attached hydrogens (tertiary/aromatic N) is 7. The van der Waals surface area contributed by atoms with Crippen LogP contribution in [-0.4, -0.2) is 83.4 Å². The van der Waals surface area contributed by atoms with Crippen molar-refractivity contribution in [2.75, 3.05) is 50.1 Å². The second kappa shape index (κ2) is 8.72. The average Bonchev–Trinajstić information content (AvgIpc) is 3.22. The van der Waals surface area contributed by atoms with Crippen LogP contribution < -0.4 is 20.2 Å². The highest BCUT2D eigenvalue weighted by molar-refractivity contribution is 5.90. The summed E-state index contributed by atoms with van der Waals surface area (Å²) in [6, 6.07) is 9.29. The van der Waals surface area contributed by atoms with Crippen molar-refractivity contribution in [3.8, 4) is 5.88 Å². The molecule has 2 aliphatic rings. The third kappa shape index (κ3) is 3.94. The normalized spacial score (nSPS) is 18.2. The number of fused-ring (bicyclic) bond motifs is 2. The van der Waals surface area contributed by atoms with Gasteiger partial charge in [0.2, 0.25) is 5.88 Å². The summed E-state index contributed by atoms with van der Waals surface area (Å²) in [4.78, 5) is 47.2. The molecule has 6 heterocycles. The molecule has 0 bridgehead atoms. The molecule has 0 spiro atoms. The molecule has 1 atom stereocenters. The SMILES string of the molecule is COc1ccc2nccc(N3CC(N(C)C[C@@H]4CN(c5ccc6ncc(=O)oc6n5)C(=O)O4)C3)c2n1. The molecule has 6 rings (SSSR count). The number of ether oxygens (including phenoxy) is 2. The smallest absolute Gasteiger partial charge is 0.416 e. The predicted octanol–water partition coefficient (Wildman–Crippen LogP) is 1.68. The lowest BCUT2D eigenvalue weighted by Gasteiger charge is -2.45. The van der Waals surface area contributed by atoms with Gasteiger partial charge in [0.05, 0.1) is 24.9 Å². The average molecular weight is 489 g/mol. The lowest BCUT2D eigenvalue weighted by Crippen LogP contribution is -2.59. The van der Waals surface area contributed by atoms with E-state index in [9.17, 15) is 9.59 Å². The number of carbonyl (C=O) groups is 1. The Kier molecular flexibility index (Phi) is 5.37. The van der Waals surface area contributed by atoms with Crippen molar-refractivity contribution in [1.82, 2.24) is 24.8 Å². The summed E-state index contributed by atoms with van der Waals surface area (Å²) in [7, 11) is 3.62. The Labute approximate surface area is 205 Å². The molecule has 0 saturated carbocycles. The highest BCUT2D eigenvalue weighted by Crippen LogP contribution is 2.30. The fourth-order valence-electron chi connectivity index (χ4n) is 4.56. The molecule has 0 aromatic carbocycles. The first kappa shape index (κ1) is 22.2. The van der Waals surface area contributed by atoms with Crippen molar-refractivity contribution in [1.29, 1.82) is 0 Å². The Hall–Kier alpha value is -4.32. The molecule has 2 saturated heterocycles. The fourth-order valence-corrected chi connectivity index (χ4v) is 4.56. The van der Waals surface area contributed by atoms with Crippen LogP contribution >= 0.6 is 0 Å². The van der Waals surface area contributed by atoms with E-state index in [-0.39, 0.29) is 11.8 Å². The van der Waals surface area contributed by atoms with Gasteiger partial charge in [0, 0.05) is 37.9 Å². The topological polar surface area (TPSA) is 127 Å². The van der Waals surface area contributed by atoms with Crippen molar-refractivity contribution in [3.05, 3.63) is 53.1 Å². The van der Waals surface area contributed by atoms with Gasteiger partial charge in [-0.2, -0.15) is 4.98 Å². The van der Waals surface area contributed by atoms with Crippen LogP contribution in [-0.2, 0) is 4.74 Å². The number of carbonyl (C=O) groups excluding carboxylic acids is 1. The van der Waals surface area contributed by atoms with Gasteiger partial charge in [0.1, 0.15) is 29.2 Å². The van der Waals surface area contributed by atoms with Crippen LogP contribution in [0.15, 0.2) is 51.9 Å². The molecule has 12 nitrogen and oxygen atoms in total. The third-order valence-electron chi connectivity index (χ3n) is 6.55. The van der Waals surface area contributed by atoms with E-state index in [1.54, 1.807) is 31.5 Å². The van der Waals surface area contributed by atoms with E-state index in [0.29, 0.717) is 36.3 Å². The van der Waals surface area contributed by atoms with Crippen LogP contribution in [0.4, 0.5) is 16.3 Å². The van der Waals surface area contributed by atoms with Gasteiger partial charge in [-0.25, -0.2) is 19.6 Å². The van der Waals surface area contributed by atoms with Gasteiger partial charge < -0.3 is 18.8 Å². The zero-order valence-corrected chi connectivity index (χ0v) is 19.7. The minimum atomic E-state index is -0.597. The Balaban J connectivity index is 1.10. The van der Waals surface area contributed by atoms with Gasteiger partial charge in [-0.3, -0.25) is 14.8 Å². The number of rotatable bonds is 6. The van der Waals surface area contributed by atoms with Crippen LogP contribution in [0.3, 0.4) is 0 Å². The van der Waals surface area contributed by atoms with E-state index >= 15 is 0 Å². The lowest BCUT2D eigenvalue weighted by atomic mass is 10.1. The van der Waals surface area contributed by atoms with Gasteiger partial charge in [0.15, 0.2) is 0 Å². The Morgan fingerprint density at radius 3 is 2.72 bits per heavy atom. The van der Waals surface area contributed by atoms with Gasteiger partial charge in [-0.05, 0) is 31.3 Å². The molecular formula is C24H23N7O5. The van der Waals surface area contributed by atoms with Gasteiger partial charge in [-0.1, -0.05) is 0 Å². The van der Waals surface area contributed by atoms with E-state index in [4.69, 9.17) is 13.9 Å². The van der Waals surface area contributed by atoms with Crippen molar-refractivity contribution >= 4 is 39.9 Å². The summed E-state index contributed by atoms with van der Waals surface area (Å²) in [6.45, 7) is 2.56. The molecule has 36 heavy (non-hydrogen) atoms. The van der Waals surface area contributed by atoms with Crippen LogP contribution in [0.5, 0.6) is 5.88 Å². The van der Waals surface area contributed by atoms with Crippen LogP contribution in [0.2, 0.25) is 0 Å².